The number of hydrogen-bond donors (Lipinski definition) is 2. The monoisotopic (exact) mass is 310 g/mol. The molecule has 0 spiro atoms. The van der Waals surface area contributed by atoms with Crippen LogP contribution in [0.2, 0.25) is 0 Å². The number of anilines is 2. The first-order chi connectivity index (χ1) is 10.7. The molecule has 2 heterocycles. The van der Waals surface area contributed by atoms with Crippen molar-refractivity contribution in [3.63, 3.8) is 0 Å². The predicted octanol–water partition coefficient (Wildman–Crippen LogP) is 0.451. The number of benzene rings is 1. The lowest BCUT2D eigenvalue weighted by molar-refractivity contribution is 0.0589. The Morgan fingerprint density at radius 1 is 1.41 bits per heavy atom. The predicted molar refractivity (Wildman–Crippen MR) is 79.2 cm³/mol. The van der Waals surface area contributed by atoms with Gasteiger partial charge in [-0.1, -0.05) is 0 Å². The van der Waals surface area contributed by atoms with Crippen molar-refractivity contribution in [1.82, 2.24) is 5.48 Å². The Morgan fingerprint density at radius 2 is 2.27 bits per heavy atom. The van der Waals surface area contributed by atoms with Crippen LogP contribution in [0.15, 0.2) is 18.2 Å². The van der Waals surface area contributed by atoms with Crippen LogP contribution in [-0.4, -0.2) is 51.5 Å². The van der Waals surface area contributed by atoms with Crippen molar-refractivity contribution >= 4 is 17.5 Å². The number of ether oxygens (including phenoxy) is 1. The summed E-state index contributed by atoms with van der Waals surface area (Å²) >= 11 is 0. The van der Waals surface area contributed by atoms with Gasteiger partial charge in [-0.15, -0.1) is 0 Å². The first-order valence-electron chi connectivity index (χ1n) is 7.26. The highest BCUT2D eigenvalue weighted by atomic mass is 19.1. The van der Waals surface area contributed by atoms with E-state index in [9.17, 15) is 9.18 Å². The third kappa shape index (κ3) is 2.99. The molecule has 1 amide bonds. The fraction of sp³-hybridized carbons (Fsp3) is 0.500. The van der Waals surface area contributed by atoms with Crippen LogP contribution in [0.5, 0.6) is 0 Å². The van der Waals surface area contributed by atoms with Crippen LogP contribution in [0.4, 0.5) is 20.6 Å². The molecule has 1 aromatic rings. The quantitative estimate of drug-likeness (QED) is 0.844. The Balaban J connectivity index is 1.78. The molecular formula is C14H19FN4O3. The fourth-order valence-electron chi connectivity index (χ4n) is 2.61. The van der Waals surface area contributed by atoms with Gasteiger partial charge in [-0.25, -0.2) is 14.7 Å². The zero-order chi connectivity index (χ0) is 15.5. The normalized spacial score (nSPS) is 22.6. The maximum absolute atomic E-state index is 14.4. The van der Waals surface area contributed by atoms with Crippen molar-refractivity contribution in [2.75, 3.05) is 49.1 Å². The number of carbonyl (C=O) groups excluding carboxylic acids is 1. The minimum Gasteiger partial charge on any atom is -0.443 e. The smallest absolute Gasteiger partial charge is 0.414 e. The van der Waals surface area contributed by atoms with Crippen molar-refractivity contribution in [3.05, 3.63) is 24.0 Å². The molecule has 0 aromatic heterocycles. The highest BCUT2D eigenvalue weighted by Crippen LogP contribution is 2.27. The molecule has 7 nitrogen and oxygen atoms in total. The van der Waals surface area contributed by atoms with Crippen LogP contribution in [0.1, 0.15) is 0 Å². The van der Waals surface area contributed by atoms with E-state index in [-0.39, 0.29) is 18.5 Å². The highest BCUT2D eigenvalue weighted by molar-refractivity contribution is 5.90. The molecule has 1 atom stereocenters. The van der Waals surface area contributed by atoms with E-state index in [2.05, 4.69) is 5.48 Å². The molecule has 2 saturated heterocycles. The molecule has 1 aromatic carbocycles. The Labute approximate surface area is 127 Å². The first-order valence-corrected chi connectivity index (χ1v) is 7.26. The summed E-state index contributed by atoms with van der Waals surface area (Å²) in [5.74, 6) is -0.372. The van der Waals surface area contributed by atoms with Gasteiger partial charge in [0.15, 0.2) is 0 Å². The van der Waals surface area contributed by atoms with Crippen molar-refractivity contribution in [2.45, 2.75) is 6.10 Å². The van der Waals surface area contributed by atoms with Gasteiger partial charge in [0.2, 0.25) is 0 Å². The molecule has 2 aliphatic rings. The van der Waals surface area contributed by atoms with Crippen LogP contribution in [0.25, 0.3) is 0 Å². The zero-order valence-electron chi connectivity index (χ0n) is 12.1. The summed E-state index contributed by atoms with van der Waals surface area (Å²) < 4.78 is 19.5. The lowest BCUT2D eigenvalue weighted by Crippen LogP contribution is -2.30. The van der Waals surface area contributed by atoms with Crippen molar-refractivity contribution in [3.8, 4) is 0 Å². The number of halogens is 1. The summed E-state index contributed by atoms with van der Waals surface area (Å²) in [5, 5.41) is 0. The van der Waals surface area contributed by atoms with E-state index in [1.165, 1.54) is 11.0 Å². The van der Waals surface area contributed by atoms with Crippen LogP contribution in [0.3, 0.4) is 0 Å². The van der Waals surface area contributed by atoms with Gasteiger partial charge in [-0.05, 0) is 18.2 Å². The minimum absolute atomic E-state index is 0.254. The second kappa shape index (κ2) is 6.47. The lowest BCUT2D eigenvalue weighted by atomic mass is 10.2. The molecular weight excluding hydrogens is 291 g/mol. The van der Waals surface area contributed by atoms with Gasteiger partial charge in [-0.2, -0.15) is 0 Å². The standard InChI is InChI=1S/C14H19FN4O3/c15-12-7-10(19-9-11(8-16)22-14(19)20)1-2-13(12)18-4-3-17-21-6-5-18/h1-2,7,11,17H,3-6,8-9,16H2/t11-/m0/s1. The van der Waals surface area contributed by atoms with Gasteiger partial charge in [0.25, 0.3) is 0 Å². The molecule has 22 heavy (non-hydrogen) atoms. The summed E-state index contributed by atoms with van der Waals surface area (Å²) in [7, 11) is 0. The number of carbonyl (C=O) groups is 1. The average Bonchev–Trinajstić information content (AvgIpc) is 2.73. The van der Waals surface area contributed by atoms with Crippen LogP contribution >= 0.6 is 0 Å². The summed E-state index contributed by atoms with van der Waals surface area (Å²) in [5.41, 5.74) is 9.27. The van der Waals surface area contributed by atoms with Gasteiger partial charge >= 0.3 is 6.09 Å². The molecule has 8 heteroatoms. The number of rotatable bonds is 3. The minimum atomic E-state index is -0.491. The second-order valence-electron chi connectivity index (χ2n) is 5.22. The van der Waals surface area contributed by atoms with Crippen LogP contribution < -0.4 is 21.0 Å². The first kappa shape index (κ1) is 15.0. The third-order valence-corrected chi connectivity index (χ3v) is 3.77. The number of nitrogens with one attached hydrogen (secondary N) is 1. The largest absolute Gasteiger partial charge is 0.443 e. The van der Waals surface area contributed by atoms with Crippen molar-refractivity contribution in [1.29, 1.82) is 0 Å². The van der Waals surface area contributed by atoms with Gasteiger partial charge in [-0.3, -0.25) is 9.74 Å². The van der Waals surface area contributed by atoms with E-state index in [1.54, 1.807) is 12.1 Å². The van der Waals surface area contributed by atoms with Gasteiger partial charge < -0.3 is 15.4 Å². The number of cyclic esters (lactones) is 1. The molecule has 120 valence electrons. The molecule has 0 unspecified atom stereocenters. The van der Waals surface area contributed by atoms with E-state index < -0.39 is 6.09 Å². The number of amides is 1. The van der Waals surface area contributed by atoms with Crippen molar-refractivity contribution < 1.29 is 18.8 Å². The van der Waals surface area contributed by atoms with Gasteiger partial charge in [0.05, 0.1) is 24.5 Å². The molecule has 0 bridgehead atoms. The highest BCUT2D eigenvalue weighted by Gasteiger charge is 2.31. The van der Waals surface area contributed by atoms with Gasteiger partial charge in [0.1, 0.15) is 11.9 Å². The van der Waals surface area contributed by atoms with E-state index >= 15 is 0 Å². The van der Waals surface area contributed by atoms with Crippen LogP contribution in [-0.2, 0) is 9.57 Å². The summed E-state index contributed by atoms with van der Waals surface area (Å²) in [6.07, 6.45) is -0.834. The Hall–Kier alpha value is -1.90. The molecule has 2 fully saturated rings. The number of nitrogens with zero attached hydrogens (tertiary/aromatic N) is 2. The maximum Gasteiger partial charge on any atom is 0.414 e. The average molecular weight is 310 g/mol. The lowest BCUT2D eigenvalue weighted by Gasteiger charge is -2.23. The maximum atomic E-state index is 14.4. The van der Waals surface area contributed by atoms with Gasteiger partial charge in [0, 0.05) is 26.2 Å². The van der Waals surface area contributed by atoms with E-state index in [0.29, 0.717) is 44.2 Å². The number of hydroxylamine groups is 1. The third-order valence-electron chi connectivity index (χ3n) is 3.77. The number of hydrogen-bond acceptors (Lipinski definition) is 6. The van der Waals surface area contributed by atoms with E-state index in [0.717, 1.165) is 0 Å². The summed E-state index contributed by atoms with van der Waals surface area (Å²) in [6.45, 7) is 2.95. The zero-order valence-corrected chi connectivity index (χ0v) is 12.1. The summed E-state index contributed by atoms with van der Waals surface area (Å²) in [4.78, 5) is 20.2. The SMILES string of the molecule is NC[C@H]1CN(c2ccc(N3CCNOCC3)c(F)c2)C(=O)O1. The van der Waals surface area contributed by atoms with Crippen molar-refractivity contribution in [2.24, 2.45) is 5.73 Å². The Bertz CT molecular complexity index is 549. The Morgan fingerprint density at radius 3 is 3.00 bits per heavy atom. The molecule has 3 rings (SSSR count). The molecule has 2 aliphatic heterocycles. The van der Waals surface area contributed by atoms with Crippen LogP contribution in [0, 0.1) is 5.82 Å². The molecule has 0 aliphatic carbocycles. The topological polar surface area (TPSA) is 80.1 Å². The van der Waals surface area contributed by atoms with E-state index in [1.807, 2.05) is 4.90 Å². The summed E-state index contributed by atoms with van der Waals surface area (Å²) in [6, 6.07) is 4.76. The molecule has 3 N–H and O–H groups in total. The molecule has 0 saturated carbocycles. The number of nitrogens with two attached hydrogens (primary N) is 1. The van der Waals surface area contributed by atoms with E-state index in [4.69, 9.17) is 15.3 Å². The Kier molecular flexibility index (Phi) is 4.41. The fourth-order valence-corrected chi connectivity index (χ4v) is 2.61. The molecule has 0 radical (unpaired) electrons. The second-order valence-corrected chi connectivity index (χ2v) is 5.22.